The molecule has 23 heavy (non-hydrogen) atoms. The highest BCUT2D eigenvalue weighted by molar-refractivity contribution is 7.62. The number of hydrogen-bond acceptors (Lipinski definition) is 10. The average Bonchev–Trinajstić information content (AvgIpc) is 2.47. The minimum absolute atomic E-state index is 0.104. The summed E-state index contributed by atoms with van der Waals surface area (Å²) in [5, 5.41) is 0. The maximum absolute atomic E-state index is 12.7. The van der Waals surface area contributed by atoms with Crippen LogP contribution in [-0.4, -0.2) is 41.4 Å². The summed E-state index contributed by atoms with van der Waals surface area (Å²) >= 11 is 0. The Morgan fingerprint density at radius 2 is 1.04 bits per heavy atom. The zero-order valence-corrected chi connectivity index (χ0v) is 15.4. The first-order valence-corrected chi connectivity index (χ1v) is 10.2. The van der Waals surface area contributed by atoms with E-state index in [1.54, 1.807) is 27.7 Å². The number of hydrogen-bond donors (Lipinski definition) is 1. The van der Waals surface area contributed by atoms with Crippen molar-refractivity contribution < 1.29 is 27.2 Å². The van der Waals surface area contributed by atoms with Crippen LogP contribution in [0.25, 0.3) is 0 Å². The van der Waals surface area contributed by atoms with Gasteiger partial charge in [0, 0.05) is 0 Å². The smallest absolute Gasteiger partial charge is 0.368 e. The van der Waals surface area contributed by atoms with Crippen molar-refractivity contribution in [3.05, 3.63) is 0 Å². The molecule has 1 heterocycles. The molecule has 0 amide bonds. The number of aromatic nitrogens is 3. The largest absolute Gasteiger partial charge is 0.398 e. The summed E-state index contributed by atoms with van der Waals surface area (Å²) in [6.45, 7) is 6.98. The summed E-state index contributed by atoms with van der Waals surface area (Å²) in [6.07, 6.45) is 0. The quantitative estimate of drug-likeness (QED) is 0.601. The number of nitrogens with zero attached hydrogens (tertiary/aromatic N) is 3. The molecule has 132 valence electrons. The molecule has 0 spiro atoms. The maximum atomic E-state index is 12.7. The molecule has 1 aromatic heterocycles. The Morgan fingerprint density at radius 3 is 1.30 bits per heavy atom. The molecule has 10 nitrogen and oxygen atoms in total. The summed E-state index contributed by atoms with van der Waals surface area (Å²) < 4.78 is 46.1. The Balaban J connectivity index is 3.41. The lowest BCUT2D eigenvalue weighted by atomic mass is 10.9. The molecule has 0 aromatic carbocycles. The predicted octanol–water partition coefficient (Wildman–Crippen LogP) is 1.24. The second-order valence-electron chi connectivity index (χ2n) is 3.96. The van der Waals surface area contributed by atoms with Crippen molar-refractivity contribution in [1.29, 1.82) is 0 Å². The van der Waals surface area contributed by atoms with Crippen molar-refractivity contribution in [2.75, 3.05) is 32.2 Å². The van der Waals surface area contributed by atoms with Crippen LogP contribution in [0.3, 0.4) is 0 Å². The normalized spacial score (nSPS) is 12.5. The van der Waals surface area contributed by atoms with Gasteiger partial charge in [-0.3, -0.25) is 9.13 Å². The van der Waals surface area contributed by atoms with E-state index in [4.69, 9.17) is 23.8 Å². The molecule has 0 aliphatic heterocycles. The molecule has 2 N–H and O–H groups in total. The first-order chi connectivity index (χ1) is 10.8. The van der Waals surface area contributed by atoms with Crippen molar-refractivity contribution in [1.82, 2.24) is 15.0 Å². The molecule has 0 saturated heterocycles. The van der Waals surface area contributed by atoms with E-state index in [0.717, 1.165) is 0 Å². The van der Waals surface area contributed by atoms with E-state index in [1.807, 2.05) is 0 Å². The fraction of sp³-hybridized carbons (Fsp3) is 0.727. The summed E-state index contributed by atoms with van der Waals surface area (Å²) in [6, 6.07) is 0. The minimum atomic E-state index is -3.81. The standard InChI is InChI=1S/C11H22N4O6P2/c1-5-18-22(16,19-6-2)10-13-9(12)14-11(15-10)23(17,20-7-3)21-8-4/h5-8H2,1-4H3,(H2,12,13,14,15). The van der Waals surface area contributed by atoms with Crippen molar-refractivity contribution in [2.24, 2.45) is 0 Å². The third-order valence-electron chi connectivity index (χ3n) is 2.32. The van der Waals surface area contributed by atoms with Crippen molar-refractivity contribution >= 4 is 32.3 Å². The highest BCUT2D eigenvalue weighted by atomic mass is 31.2. The van der Waals surface area contributed by atoms with E-state index in [0.29, 0.717) is 0 Å². The van der Waals surface area contributed by atoms with Crippen LogP contribution < -0.4 is 16.9 Å². The van der Waals surface area contributed by atoms with E-state index >= 15 is 0 Å². The number of nitrogen functional groups attached to an aromatic ring is 1. The molecule has 1 rings (SSSR count). The molecular formula is C11H22N4O6P2. The fourth-order valence-electron chi connectivity index (χ4n) is 1.60. The van der Waals surface area contributed by atoms with Gasteiger partial charge in [-0.15, -0.1) is 0 Å². The van der Waals surface area contributed by atoms with Crippen LogP contribution in [0.2, 0.25) is 0 Å². The van der Waals surface area contributed by atoms with Gasteiger partial charge in [0.2, 0.25) is 17.1 Å². The lowest BCUT2D eigenvalue weighted by Gasteiger charge is -2.18. The summed E-state index contributed by atoms with van der Waals surface area (Å²) in [5.74, 6) is -0.288. The van der Waals surface area contributed by atoms with Gasteiger partial charge < -0.3 is 23.8 Å². The topological polar surface area (TPSA) is 136 Å². The van der Waals surface area contributed by atoms with Crippen LogP contribution in [0.5, 0.6) is 0 Å². The van der Waals surface area contributed by atoms with Gasteiger partial charge in [0.05, 0.1) is 26.4 Å². The molecule has 0 bridgehead atoms. The predicted molar refractivity (Wildman–Crippen MR) is 85.2 cm³/mol. The van der Waals surface area contributed by atoms with Crippen molar-refractivity contribution in [3.63, 3.8) is 0 Å². The first-order valence-electron chi connectivity index (χ1n) is 7.16. The Labute approximate surface area is 135 Å². The highest BCUT2D eigenvalue weighted by Crippen LogP contribution is 2.48. The molecule has 0 saturated carbocycles. The van der Waals surface area contributed by atoms with Gasteiger partial charge in [-0.05, 0) is 27.7 Å². The molecule has 12 heteroatoms. The molecule has 0 radical (unpaired) electrons. The second-order valence-corrected chi connectivity index (χ2v) is 7.78. The van der Waals surface area contributed by atoms with Crippen LogP contribution >= 0.6 is 15.2 Å². The van der Waals surface area contributed by atoms with E-state index in [9.17, 15) is 9.13 Å². The molecule has 1 aromatic rings. The van der Waals surface area contributed by atoms with Gasteiger partial charge in [0.25, 0.3) is 0 Å². The Hall–Kier alpha value is -0.890. The number of rotatable bonds is 10. The summed E-state index contributed by atoms with van der Waals surface area (Å²) in [5.41, 5.74) is 4.95. The van der Waals surface area contributed by atoms with Crippen LogP contribution in [0.4, 0.5) is 5.95 Å². The Kier molecular flexibility index (Phi) is 7.73. The number of nitrogens with two attached hydrogens (primary N) is 1. The average molecular weight is 368 g/mol. The van der Waals surface area contributed by atoms with Gasteiger partial charge in [-0.25, -0.2) is 0 Å². The maximum Gasteiger partial charge on any atom is 0.398 e. The molecule has 0 fully saturated rings. The Bertz CT molecular complexity index is 546. The van der Waals surface area contributed by atoms with E-state index < -0.39 is 15.2 Å². The molecule has 0 atom stereocenters. The van der Waals surface area contributed by atoms with Gasteiger partial charge in [0.15, 0.2) is 0 Å². The van der Waals surface area contributed by atoms with Crippen LogP contribution in [0.15, 0.2) is 0 Å². The summed E-state index contributed by atoms with van der Waals surface area (Å²) in [7, 11) is -7.61. The third-order valence-corrected chi connectivity index (χ3v) is 6.09. The Morgan fingerprint density at radius 1 is 0.739 bits per heavy atom. The van der Waals surface area contributed by atoms with Gasteiger partial charge in [0.1, 0.15) is 0 Å². The van der Waals surface area contributed by atoms with E-state index in [1.165, 1.54) is 0 Å². The molecule has 0 aliphatic rings. The zero-order chi connectivity index (χ0) is 17.5. The number of anilines is 1. The second kappa shape index (κ2) is 8.82. The van der Waals surface area contributed by atoms with Crippen LogP contribution in [0.1, 0.15) is 27.7 Å². The van der Waals surface area contributed by atoms with E-state index in [2.05, 4.69) is 15.0 Å². The molecular weight excluding hydrogens is 346 g/mol. The lowest BCUT2D eigenvalue weighted by Crippen LogP contribution is -2.30. The zero-order valence-electron chi connectivity index (χ0n) is 13.6. The molecule has 0 aliphatic carbocycles. The van der Waals surface area contributed by atoms with Crippen LogP contribution in [0, 0.1) is 0 Å². The fourth-order valence-corrected chi connectivity index (χ4v) is 4.53. The lowest BCUT2D eigenvalue weighted by molar-refractivity contribution is 0.227. The van der Waals surface area contributed by atoms with Crippen molar-refractivity contribution in [3.8, 4) is 0 Å². The summed E-state index contributed by atoms with van der Waals surface area (Å²) in [4.78, 5) is 11.5. The van der Waals surface area contributed by atoms with E-state index in [-0.39, 0.29) is 43.5 Å². The van der Waals surface area contributed by atoms with Gasteiger partial charge >= 0.3 is 15.2 Å². The monoisotopic (exact) mass is 368 g/mol. The first kappa shape index (κ1) is 20.2. The third kappa shape index (κ3) is 5.04. The SMILES string of the molecule is CCOP(=O)(OCC)c1nc(N)nc(P(=O)(OCC)OCC)n1. The van der Waals surface area contributed by atoms with Gasteiger partial charge in [-0.1, -0.05) is 0 Å². The molecule has 0 unspecified atom stereocenters. The van der Waals surface area contributed by atoms with Crippen molar-refractivity contribution in [2.45, 2.75) is 27.7 Å². The van der Waals surface area contributed by atoms with Gasteiger partial charge in [-0.2, -0.15) is 15.0 Å². The van der Waals surface area contributed by atoms with Crippen LogP contribution in [-0.2, 0) is 27.2 Å². The minimum Gasteiger partial charge on any atom is -0.368 e. The highest BCUT2D eigenvalue weighted by Gasteiger charge is 2.37.